The first-order valence-corrected chi connectivity index (χ1v) is 9.06. The number of hydrogen-bond acceptors (Lipinski definition) is 3. The van der Waals surface area contributed by atoms with Crippen molar-refractivity contribution in [2.24, 2.45) is 14.1 Å². The molecule has 0 aliphatic rings. The Kier molecular flexibility index (Phi) is 4.39. The summed E-state index contributed by atoms with van der Waals surface area (Å²) in [4.78, 5) is 24.6. The van der Waals surface area contributed by atoms with Gasteiger partial charge in [-0.15, -0.1) is 0 Å². The molecule has 0 aliphatic heterocycles. The monoisotopic (exact) mass is 375 g/mol. The third-order valence-corrected chi connectivity index (χ3v) is 4.94. The molecule has 0 saturated carbocycles. The number of imidazole rings is 1. The van der Waals surface area contributed by atoms with Gasteiger partial charge in [0.05, 0.1) is 11.0 Å². The average molecular weight is 375 g/mol. The van der Waals surface area contributed by atoms with Crippen LogP contribution in [0.15, 0.2) is 65.5 Å². The number of aryl methyl sites for hydroxylation is 2. The second kappa shape index (κ2) is 6.88. The standard InChI is InChI=1S/C22H21N3O3/c1-14(28-18-10-8-15-6-4-5-7-16(15)12-18)21(26)23-17-9-11-19-20(13-17)25(3)22(27)24(19)2/h4-14H,1-3H3,(H,23,26)/t14-/m0/s1. The Morgan fingerprint density at radius 3 is 2.43 bits per heavy atom. The number of carbonyl (C=O) groups is 1. The molecule has 1 atom stereocenters. The Hall–Kier alpha value is -3.54. The first-order chi connectivity index (χ1) is 13.4. The summed E-state index contributed by atoms with van der Waals surface area (Å²) in [5, 5.41) is 5.04. The first-order valence-electron chi connectivity index (χ1n) is 9.06. The Bertz CT molecular complexity index is 1250. The lowest BCUT2D eigenvalue weighted by Gasteiger charge is -2.15. The van der Waals surface area contributed by atoms with Gasteiger partial charge in [-0.05, 0) is 48.0 Å². The second-order valence-electron chi connectivity index (χ2n) is 6.86. The van der Waals surface area contributed by atoms with Gasteiger partial charge in [0, 0.05) is 19.8 Å². The van der Waals surface area contributed by atoms with Gasteiger partial charge in [-0.25, -0.2) is 4.79 Å². The van der Waals surface area contributed by atoms with Crippen molar-refractivity contribution in [3.05, 3.63) is 71.1 Å². The smallest absolute Gasteiger partial charge is 0.328 e. The van der Waals surface area contributed by atoms with Gasteiger partial charge in [-0.1, -0.05) is 30.3 Å². The molecule has 0 radical (unpaired) electrons. The van der Waals surface area contributed by atoms with Gasteiger partial charge in [0.1, 0.15) is 5.75 Å². The van der Waals surface area contributed by atoms with E-state index in [1.54, 1.807) is 42.3 Å². The molecule has 6 heteroatoms. The van der Waals surface area contributed by atoms with Crippen LogP contribution in [-0.4, -0.2) is 21.1 Å². The van der Waals surface area contributed by atoms with Gasteiger partial charge in [-0.2, -0.15) is 0 Å². The molecule has 0 unspecified atom stereocenters. The van der Waals surface area contributed by atoms with E-state index >= 15 is 0 Å². The Morgan fingerprint density at radius 1 is 0.929 bits per heavy atom. The van der Waals surface area contributed by atoms with Gasteiger partial charge in [0.25, 0.3) is 5.91 Å². The Morgan fingerprint density at radius 2 is 1.64 bits per heavy atom. The number of fused-ring (bicyclic) bond motifs is 2. The number of anilines is 1. The Balaban J connectivity index is 1.51. The number of amides is 1. The number of ether oxygens (including phenoxy) is 1. The van der Waals surface area contributed by atoms with E-state index in [4.69, 9.17) is 4.74 Å². The summed E-state index contributed by atoms with van der Waals surface area (Å²) < 4.78 is 8.95. The molecule has 0 aliphatic carbocycles. The van der Waals surface area contributed by atoms with Crippen LogP contribution in [-0.2, 0) is 18.9 Å². The lowest BCUT2D eigenvalue weighted by Crippen LogP contribution is -2.30. The van der Waals surface area contributed by atoms with Crippen molar-refractivity contribution >= 4 is 33.4 Å². The van der Waals surface area contributed by atoms with Crippen LogP contribution < -0.4 is 15.7 Å². The zero-order valence-electron chi connectivity index (χ0n) is 16.0. The van der Waals surface area contributed by atoms with E-state index in [0.29, 0.717) is 11.4 Å². The van der Waals surface area contributed by atoms with Crippen molar-refractivity contribution in [1.29, 1.82) is 0 Å². The van der Waals surface area contributed by atoms with Gasteiger partial charge >= 0.3 is 5.69 Å². The van der Waals surface area contributed by atoms with Crippen molar-refractivity contribution < 1.29 is 9.53 Å². The molecule has 6 nitrogen and oxygen atoms in total. The predicted octanol–water partition coefficient (Wildman–Crippen LogP) is 3.44. The van der Waals surface area contributed by atoms with Crippen LogP contribution in [0.1, 0.15) is 6.92 Å². The third kappa shape index (κ3) is 3.13. The molecule has 3 aromatic carbocycles. The van der Waals surface area contributed by atoms with E-state index in [9.17, 15) is 9.59 Å². The molecule has 4 rings (SSSR count). The zero-order valence-corrected chi connectivity index (χ0v) is 16.0. The highest BCUT2D eigenvalue weighted by Crippen LogP contribution is 2.22. The molecule has 1 amide bonds. The van der Waals surface area contributed by atoms with E-state index in [1.807, 2.05) is 48.5 Å². The van der Waals surface area contributed by atoms with E-state index < -0.39 is 6.10 Å². The molecule has 0 fully saturated rings. The maximum atomic E-state index is 12.6. The quantitative estimate of drug-likeness (QED) is 0.594. The summed E-state index contributed by atoms with van der Waals surface area (Å²) in [6, 6.07) is 19.1. The second-order valence-corrected chi connectivity index (χ2v) is 6.86. The van der Waals surface area contributed by atoms with Crippen molar-refractivity contribution in [3.63, 3.8) is 0 Å². The number of benzene rings is 3. The van der Waals surface area contributed by atoms with E-state index in [2.05, 4.69) is 5.32 Å². The molecule has 4 aromatic rings. The van der Waals surface area contributed by atoms with Crippen LogP contribution in [0.3, 0.4) is 0 Å². The van der Waals surface area contributed by atoms with E-state index in [0.717, 1.165) is 21.8 Å². The minimum atomic E-state index is -0.670. The fourth-order valence-electron chi connectivity index (χ4n) is 3.33. The lowest BCUT2D eigenvalue weighted by molar-refractivity contribution is -0.122. The highest BCUT2D eigenvalue weighted by atomic mass is 16.5. The van der Waals surface area contributed by atoms with Crippen molar-refractivity contribution in [3.8, 4) is 5.75 Å². The van der Waals surface area contributed by atoms with Gasteiger partial charge < -0.3 is 10.1 Å². The molecular weight excluding hydrogens is 354 g/mol. The topological polar surface area (TPSA) is 65.3 Å². The van der Waals surface area contributed by atoms with Crippen LogP contribution in [0.4, 0.5) is 5.69 Å². The first kappa shape index (κ1) is 17.9. The summed E-state index contributed by atoms with van der Waals surface area (Å²) in [6.07, 6.45) is -0.670. The Labute approximate surface area is 162 Å². The number of carbonyl (C=O) groups excluding carboxylic acids is 1. The number of hydrogen-bond donors (Lipinski definition) is 1. The zero-order chi connectivity index (χ0) is 19.8. The van der Waals surface area contributed by atoms with Crippen LogP contribution in [0.25, 0.3) is 21.8 Å². The minimum absolute atomic E-state index is 0.105. The van der Waals surface area contributed by atoms with E-state index in [-0.39, 0.29) is 11.6 Å². The van der Waals surface area contributed by atoms with Crippen LogP contribution in [0.2, 0.25) is 0 Å². The maximum absolute atomic E-state index is 12.6. The largest absolute Gasteiger partial charge is 0.481 e. The number of rotatable bonds is 4. The summed E-state index contributed by atoms with van der Waals surface area (Å²) in [5.74, 6) is 0.385. The number of nitrogens with zero attached hydrogens (tertiary/aromatic N) is 2. The normalized spacial score (nSPS) is 12.2. The molecule has 1 heterocycles. The number of aromatic nitrogens is 2. The molecule has 0 bridgehead atoms. The molecule has 0 saturated heterocycles. The molecule has 142 valence electrons. The minimum Gasteiger partial charge on any atom is -0.481 e. The highest BCUT2D eigenvalue weighted by Gasteiger charge is 2.16. The number of nitrogens with one attached hydrogen (secondary N) is 1. The van der Waals surface area contributed by atoms with Crippen LogP contribution in [0, 0.1) is 0 Å². The third-order valence-electron chi connectivity index (χ3n) is 4.94. The summed E-state index contributed by atoms with van der Waals surface area (Å²) in [7, 11) is 3.43. The predicted molar refractivity (Wildman–Crippen MR) is 111 cm³/mol. The maximum Gasteiger partial charge on any atom is 0.328 e. The van der Waals surface area contributed by atoms with Gasteiger partial charge in [0.2, 0.25) is 0 Å². The molecule has 28 heavy (non-hydrogen) atoms. The highest BCUT2D eigenvalue weighted by molar-refractivity contribution is 5.96. The summed E-state index contributed by atoms with van der Waals surface area (Å²) in [5.41, 5.74) is 2.08. The van der Waals surface area contributed by atoms with E-state index in [1.165, 1.54) is 0 Å². The molecule has 1 aromatic heterocycles. The fourth-order valence-corrected chi connectivity index (χ4v) is 3.33. The average Bonchev–Trinajstić information content (AvgIpc) is 2.91. The van der Waals surface area contributed by atoms with Crippen LogP contribution in [0.5, 0.6) is 5.75 Å². The molecule has 1 N–H and O–H groups in total. The van der Waals surface area contributed by atoms with Crippen LogP contribution >= 0.6 is 0 Å². The van der Waals surface area contributed by atoms with Gasteiger partial charge in [0.15, 0.2) is 6.10 Å². The van der Waals surface area contributed by atoms with Gasteiger partial charge in [-0.3, -0.25) is 13.9 Å². The lowest BCUT2D eigenvalue weighted by atomic mass is 10.1. The molecular formula is C22H21N3O3. The van der Waals surface area contributed by atoms with Crippen molar-refractivity contribution in [1.82, 2.24) is 9.13 Å². The van der Waals surface area contributed by atoms with Crippen molar-refractivity contribution in [2.45, 2.75) is 13.0 Å². The summed E-state index contributed by atoms with van der Waals surface area (Å²) in [6.45, 7) is 1.71. The van der Waals surface area contributed by atoms with Crippen molar-refractivity contribution in [2.75, 3.05) is 5.32 Å². The SMILES string of the molecule is C[C@H](Oc1ccc2ccccc2c1)C(=O)Nc1ccc2c(c1)n(C)c(=O)n2C. The fraction of sp³-hybridized carbons (Fsp3) is 0.182. The summed E-state index contributed by atoms with van der Waals surface area (Å²) >= 11 is 0. The molecule has 0 spiro atoms.